The van der Waals surface area contributed by atoms with Crippen LogP contribution in [0.2, 0.25) is 10.0 Å². The SMILES string of the molecule is CCn1c(Nc2c(Cl)ccc(CNC(=O)C(C)(C)C)c2F)nc2cc(C(=O)Nc3ccc(F)c(Cl)c3)c(OCC(F)F)cc21. The van der Waals surface area contributed by atoms with Gasteiger partial charge >= 0.3 is 0 Å². The topological polar surface area (TPSA) is 97.3 Å². The molecule has 3 aromatic carbocycles. The van der Waals surface area contributed by atoms with Crippen LogP contribution in [0.3, 0.4) is 0 Å². The van der Waals surface area contributed by atoms with Crippen LogP contribution in [0.5, 0.6) is 5.75 Å². The molecule has 44 heavy (non-hydrogen) atoms. The van der Waals surface area contributed by atoms with Gasteiger partial charge in [0.1, 0.15) is 18.2 Å². The fourth-order valence-corrected chi connectivity index (χ4v) is 4.56. The monoisotopic (exact) mass is 653 g/mol. The van der Waals surface area contributed by atoms with E-state index in [0.29, 0.717) is 12.1 Å². The molecule has 0 atom stereocenters. The number of amides is 2. The lowest BCUT2D eigenvalue weighted by Crippen LogP contribution is -2.34. The fraction of sp³-hybridized carbons (Fsp3) is 0.300. The maximum absolute atomic E-state index is 15.6. The van der Waals surface area contributed by atoms with Crippen LogP contribution in [-0.4, -0.2) is 34.4 Å². The van der Waals surface area contributed by atoms with Crippen molar-refractivity contribution in [1.82, 2.24) is 14.9 Å². The van der Waals surface area contributed by atoms with Crippen molar-refractivity contribution in [3.8, 4) is 5.75 Å². The molecule has 0 unspecified atom stereocenters. The molecule has 8 nitrogen and oxygen atoms in total. The van der Waals surface area contributed by atoms with Crippen LogP contribution in [-0.2, 0) is 17.9 Å². The van der Waals surface area contributed by atoms with E-state index in [1.807, 2.05) is 0 Å². The standard InChI is InChI=1S/C30H29Cl2F4N5O3/c1-5-41-22-12-23(44-14-24(34)35)17(27(42)38-16-7-9-20(33)19(32)10-16)11-21(22)39-29(41)40-26-18(31)8-6-15(25(26)36)13-37-28(43)30(2,3)4/h6-12,24H,5,13-14H2,1-4H3,(H,37,43)(H,38,42)(H,39,40). The molecule has 0 aliphatic heterocycles. The number of hydrogen-bond acceptors (Lipinski definition) is 5. The largest absolute Gasteiger partial charge is 0.487 e. The molecule has 0 spiro atoms. The highest BCUT2D eigenvalue weighted by molar-refractivity contribution is 6.33. The number of carbonyl (C=O) groups is 2. The number of rotatable bonds is 10. The molecule has 0 fully saturated rings. The Kier molecular flexibility index (Phi) is 9.94. The molecular formula is C30H29Cl2F4N5O3. The van der Waals surface area contributed by atoms with Gasteiger partial charge in [-0.1, -0.05) is 50.0 Å². The van der Waals surface area contributed by atoms with Gasteiger partial charge in [-0.05, 0) is 37.3 Å². The van der Waals surface area contributed by atoms with E-state index >= 15 is 4.39 Å². The predicted octanol–water partition coefficient (Wildman–Crippen LogP) is 7.94. The summed E-state index contributed by atoms with van der Waals surface area (Å²) in [4.78, 5) is 30.0. The van der Waals surface area contributed by atoms with Gasteiger partial charge in [-0.2, -0.15) is 0 Å². The third kappa shape index (κ3) is 7.36. The molecule has 0 aliphatic carbocycles. The lowest BCUT2D eigenvalue weighted by Gasteiger charge is -2.18. The van der Waals surface area contributed by atoms with E-state index in [4.69, 9.17) is 27.9 Å². The van der Waals surface area contributed by atoms with Gasteiger partial charge in [0.2, 0.25) is 11.9 Å². The first-order chi connectivity index (χ1) is 20.7. The molecule has 234 valence electrons. The minimum atomic E-state index is -2.82. The van der Waals surface area contributed by atoms with E-state index in [9.17, 15) is 22.8 Å². The molecule has 0 radical (unpaired) electrons. The number of carbonyl (C=O) groups excluding carboxylic acids is 2. The summed E-state index contributed by atoms with van der Waals surface area (Å²) in [6.07, 6.45) is -2.82. The maximum atomic E-state index is 15.6. The van der Waals surface area contributed by atoms with Crippen LogP contribution < -0.4 is 20.7 Å². The van der Waals surface area contributed by atoms with Crippen molar-refractivity contribution < 1.29 is 31.9 Å². The number of nitrogens with zero attached hydrogens (tertiary/aromatic N) is 2. The summed E-state index contributed by atoms with van der Waals surface area (Å²) >= 11 is 12.2. The number of nitrogens with one attached hydrogen (secondary N) is 3. The summed E-state index contributed by atoms with van der Waals surface area (Å²) in [6.45, 7) is 6.22. The van der Waals surface area contributed by atoms with Gasteiger partial charge in [-0.25, -0.2) is 22.5 Å². The number of fused-ring (bicyclic) bond motifs is 1. The Labute approximate surface area is 260 Å². The molecule has 1 aromatic heterocycles. The number of hydrogen-bond donors (Lipinski definition) is 3. The van der Waals surface area contributed by atoms with Crippen LogP contribution in [0.25, 0.3) is 11.0 Å². The van der Waals surface area contributed by atoms with E-state index in [1.165, 1.54) is 36.4 Å². The lowest BCUT2D eigenvalue weighted by atomic mass is 9.95. The quantitative estimate of drug-likeness (QED) is 0.151. The second-order valence-corrected chi connectivity index (χ2v) is 11.6. The Hall–Kier alpha value is -4.03. The van der Waals surface area contributed by atoms with Crippen molar-refractivity contribution in [2.75, 3.05) is 17.2 Å². The first kappa shape index (κ1) is 32.9. The minimum Gasteiger partial charge on any atom is -0.487 e. The molecule has 0 saturated carbocycles. The van der Waals surface area contributed by atoms with Crippen molar-refractivity contribution >= 4 is 63.4 Å². The third-order valence-corrected chi connectivity index (χ3v) is 7.09. The number of imidazole rings is 1. The number of anilines is 3. The summed E-state index contributed by atoms with van der Waals surface area (Å²) in [5.74, 6) is -2.43. The van der Waals surface area contributed by atoms with Crippen molar-refractivity contribution in [2.24, 2.45) is 5.41 Å². The molecule has 4 rings (SSSR count). The summed E-state index contributed by atoms with van der Waals surface area (Å²) in [5, 5.41) is 7.95. The highest BCUT2D eigenvalue weighted by Gasteiger charge is 2.24. The Balaban J connectivity index is 1.72. The Morgan fingerprint density at radius 2 is 1.77 bits per heavy atom. The molecule has 14 heteroatoms. The molecule has 3 N–H and O–H groups in total. The maximum Gasteiger partial charge on any atom is 0.272 e. The second-order valence-electron chi connectivity index (χ2n) is 10.8. The Bertz CT molecular complexity index is 1720. The molecule has 0 aliphatic rings. The van der Waals surface area contributed by atoms with Crippen LogP contribution in [0.1, 0.15) is 43.6 Å². The first-order valence-corrected chi connectivity index (χ1v) is 14.2. The van der Waals surface area contributed by atoms with Gasteiger partial charge in [0.25, 0.3) is 12.3 Å². The zero-order valence-corrected chi connectivity index (χ0v) is 25.6. The van der Waals surface area contributed by atoms with Gasteiger partial charge in [0, 0.05) is 35.8 Å². The first-order valence-electron chi connectivity index (χ1n) is 13.4. The molecule has 2 amide bonds. The highest BCUT2D eigenvalue weighted by Crippen LogP contribution is 2.34. The van der Waals surface area contributed by atoms with E-state index < -0.39 is 36.0 Å². The third-order valence-electron chi connectivity index (χ3n) is 6.48. The summed E-state index contributed by atoms with van der Waals surface area (Å²) in [7, 11) is 0. The van der Waals surface area contributed by atoms with Gasteiger partial charge < -0.3 is 25.3 Å². The molecule has 0 saturated heterocycles. The average molecular weight is 654 g/mol. The van der Waals surface area contributed by atoms with E-state index in [2.05, 4.69) is 20.9 Å². The smallest absolute Gasteiger partial charge is 0.272 e. The number of alkyl halides is 2. The Morgan fingerprint density at radius 3 is 2.41 bits per heavy atom. The summed E-state index contributed by atoms with van der Waals surface area (Å²) < 4.78 is 62.3. The van der Waals surface area contributed by atoms with Crippen molar-refractivity contribution in [1.29, 1.82) is 0 Å². The number of ether oxygens (including phenoxy) is 1. The highest BCUT2D eigenvalue weighted by atomic mass is 35.5. The van der Waals surface area contributed by atoms with Gasteiger partial charge in [0.15, 0.2) is 5.82 Å². The van der Waals surface area contributed by atoms with Crippen LogP contribution in [0, 0.1) is 17.0 Å². The Morgan fingerprint density at radius 1 is 1.05 bits per heavy atom. The van der Waals surface area contributed by atoms with Crippen LogP contribution in [0.15, 0.2) is 42.5 Å². The molecular weight excluding hydrogens is 625 g/mol. The average Bonchev–Trinajstić information content (AvgIpc) is 3.30. The number of halogens is 6. The van der Waals surface area contributed by atoms with Gasteiger partial charge in [0.05, 0.1) is 32.3 Å². The second kappa shape index (κ2) is 13.3. The summed E-state index contributed by atoms with van der Waals surface area (Å²) in [6, 6.07) is 9.19. The molecule has 1 heterocycles. The molecule has 4 aromatic rings. The summed E-state index contributed by atoms with van der Waals surface area (Å²) in [5.41, 5.74) is 0.0844. The normalized spacial score (nSPS) is 11.6. The number of benzene rings is 3. The zero-order chi connectivity index (χ0) is 32.3. The van der Waals surface area contributed by atoms with E-state index in [-0.39, 0.29) is 62.2 Å². The number of aryl methyl sites for hydroxylation is 1. The van der Waals surface area contributed by atoms with Crippen molar-refractivity contribution in [2.45, 2.75) is 47.2 Å². The zero-order valence-electron chi connectivity index (χ0n) is 24.1. The van der Waals surface area contributed by atoms with Gasteiger partial charge in [-0.3, -0.25) is 9.59 Å². The molecule has 0 bridgehead atoms. The predicted molar refractivity (Wildman–Crippen MR) is 162 cm³/mol. The minimum absolute atomic E-state index is 0.0436. The van der Waals surface area contributed by atoms with Crippen LogP contribution >= 0.6 is 23.2 Å². The van der Waals surface area contributed by atoms with Gasteiger partial charge in [-0.15, -0.1) is 0 Å². The number of aromatic nitrogens is 2. The lowest BCUT2D eigenvalue weighted by molar-refractivity contribution is -0.128. The van der Waals surface area contributed by atoms with Crippen LogP contribution in [0.4, 0.5) is 34.9 Å². The van der Waals surface area contributed by atoms with E-state index in [1.54, 1.807) is 32.3 Å². The fourth-order valence-electron chi connectivity index (χ4n) is 4.19. The van der Waals surface area contributed by atoms with Crippen molar-refractivity contribution in [3.05, 3.63) is 75.3 Å². The van der Waals surface area contributed by atoms with E-state index in [0.717, 1.165) is 6.07 Å². The van der Waals surface area contributed by atoms with Crippen molar-refractivity contribution in [3.63, 3.8) is 0 Å².